The molecule has 0 radical (unpaired) electrons. The molecule has 0 saturated carbocycles. The summed E-state index contributed by atoms with van der Waals surface area (Å²) in [5, 5.41) is 5.68. The first-order chi connectivity index (χ1) is 13.3. The summed E-state index contributed by atoms with van der Waals surface area (Å²) in [6.45, 7) is 4.92. The van der Waals surface area contributed by atoms with Crippen LogP contribution in [0.4, 0.5) is 11.4 Å². The Kier molecular flexibility index (Phi) is 6.97. The first kappa shape index (κ1) is 20.8. The molecule has 0 heterocycles. The van der Waals surface area contributed by atoms with E-state index >= 15 is 0 Å². The zero-order chi connectivity index (χ0) is 20.7. The van der Waals surface area contributed by atoms with E-state index in [-0.39, 0.29) is 5.91 Å². The van der Waals surface area contributed by atoms with Crippen LogP contribution >= 0.6 is 0 Å². The highest BCUT2D eigenvalue weighted by Gasteiger charge is 2.16. The average Bonchev–Trinajstić information content (AvgIpc) is 2.65. The highest BCUT2D eigenvalue weighted by molar-refractivity contribution is 5.96. The number of amides is 3. The summed E-state index contributed by atoms with van der Waals surface area (Å²) in [5.74, 6) is -0.541. The van der Waals surface area contributed by atoms with Gasteiger partial charge in [0.1, 0.15) is 11.8 Å². The van der Waals surface area contributed by atoms with Crippen LogP contribution < -0.4 is 26.2 Å². The number of aryl methyl sites for hydroxylation is 1. The van der Waals surface area contributed by atoms with Crippen molar-refractivity contribution in [3.05, 3.63) is 53.6 Å². The number of ether oxygens (including phenoxy) is 1. The third-order valence-electron chi connectivity index (χ3n) is 3.86. The quantitative estimate of drug-likeness (QED) is 0.571. The monoisotopic (exact) mass is 384 g/mol. The van der Waals surface area contributed by atoms with Gasteiger partial charge in [-0.2, -0.15) is 0 Å². The van der Waals surface area contributed by atoms with Gasteiger partial charge in [0.15, 0.2) is 0 Å². The van der Waals surface area contributed by atoms with Crippen LogP contribution in [0.3, 0.4) is 0 Å². The molecule has 0 bridgehead atoms. The minimum Gasteiger partial charge on any atom is -0.495 e. The standard InChI is InChI=1S/C20H24N4O4/c1-12-6-5-7-15(10-12)20(27)24-23-19(26)13(2)21-17-11-16(22-14(3)25)8-9-18(17)28-4/h5-11,13,21H,1-4H3,(H,22,25)(H,23,26)(H,24,27)/t13-/m1/s1. The number of hydrogen-bond acceptors (Lipinski definition) is 5. The molecule has 2 aromatic carbocycles. The Balaban J connectivity index is 1.99. The SMILES string of the molecule is COc1ccc(NC(C)=O)cc1N[C@H](C)C(=O)NNC(=O)c1cccc(C)c1. The smallest absolute Gasteiger partial charge is 0.269 e. The number of rotatable bonds is 6. The van der Waals surface area contributed by atoms with E-state index in [2.05, 4.69) is 21.5 Å². The lowest BCUT2D eigenvalue weighted by atomic mass is 10.1. The molecule has 4 N–H and O–H groups in total. The summed E-state index contributed by atoms with van der Waals surface area (Å²) < 4.78 is 5.28. The zero-order valence-electron chi connectivity index (χ0n) is 16.3. The van der Waals surface area contributed by atoms with E-state index < -0.39 is 17.9 Å². The number of hydrogen-bond donors (Lipinski definition) is 4. The van der Waals surface area contributed by atoms with Crippen LogP contribution in [0, 0.1) is 6.92 Å². The first-order valence-electron chi connectivity index (χ1n) is 8.69. The topological polar surface area (TPSA) is 109 Å². The molecular formula is C20H24N4O4. The van der Waals surface area contributed by atoms with Crippen molar-refractivity contribution in [2.75, 3.05) is 17.7 Å². The van der Waals surface area contributed by atoms with Gasteiger partial charge in [-0.05, 0) is 44.2 Å². The van der Waals surface area contributed by atoms with E-state index in [1.54, 1.807) is 43.3 Å². The molecule has 2 rings (SSSR count). The second-order valence-electron chi connectivity index (χ2n) is 6.28. The van der Waals surface area contributed by atoms with Gasteiger partial charge in [0.05, 0.1) is 12.8 Å². The fourth-order valence-electron chi connectivity index (χ4n) is 2.49. The molecule has 0 aliphatic rings. The largest absolute Gasteiger partial charge is 0.495 e. The Labute approximate surface area is 163 Å². The van der Waals surface area contributed by atoms with Crippen LogP contribution in [0.5, 0.6) is 5.75 Å². The second-order valence-corrected chi connectivity index (χ2v) is 6.28. The molecule has 148 valence electrons. The van der Waals surface area contributed by atoms with Crippen molar-refractivity contribution in [3.8, 4) is 5.75 Å². The lowest BCUT2D eigenvalue weighted by Crippen LogP contribution is -2.47. The van der Waals surface area contributed by atoms with Crippen LogP contribution in [0.2, 0.25) is 0 Å². The normalized spacial score (nSPS) is 11.1. The van der Waals surface area contributed by atoms with Gasteiger partial charge in [-0.25, -0.2) is 0 Å². The summed E-state index contributed by atoms with van der Waals surface area (Å²) >= 11 is 0. The molecule has 2 aromatic rings. The van der Waals surface area contributed by atoms with Crippen LogP contribution in [0.1, 0.15) is 29.8 Å². The number of benzene rings is 2. The number of carbonyl (C=O) groups excluding carboxylic acids is 3. The fraction of sp³-hybridized carbons (Fsp3) is 0.250. The molecule has 0 saturated heterocycles. The number of hydrazine groups is 1. The predicted molar refractivity (Wildman–Crippen MR) is 107 cm³/mol. The van der Waals surface area contributed by atoms with Gasteiger partial charge in [0.2, 0.25) is 5.91 Å². The van der Waals surface area contributed by atoms with Gasteiger partial charge in [-0.3, -0.25) is 25.2 Å². The van der Waals surface area contributed by atoms with Crippen molar-refractivity contribution < 1.29 is 19.1 Å². The summed E-state index contributed by atoms with van der Waals surface area (Å²) in [6, 6.07) is 11.4. The Morgan fingerprint density at radius 2 is 1.79 bits per heavy atom. The summed E-state index contributed by atoms with van der Waals surface area (Å²) in [4.78, 5) is 35.7. The van der Waals surface area contributed by atoms with Gasteiger partial charge in [-0.15, -0.1) is 0 Å². The Bertz CT molecular complexity index is 882. The Morgan fingerprint density at radius 1 is 1.04 bits per heavy atom. The molecule has 8 heteroatoms. The highest BCUT2D eigenvalue weighted by Crippen LogP contribution is 2.28. The maximum atomic E-state index is 12.3. The highest BCUT2D eigenvalue weighted by atomic mass is 16.5. The van der Waals surface area contributed by atoms with Crippen LogP contribution in [-0.4, -0.2) is 30.9 Å². The molecule has 0 fully saturated rings. The van der Waals surface area contributed by atoms with Gasteiger partial charge in [0, 0.05) is 18.2 Å². The van der Waals surface area contributed by atoms with Crippen molar-refractivity contribution in [1.29, 1.82) is 0 Å². The maximum Gasteiger partial charge on any atom is 0.269 e. The van der Waals surface area contributed by atoms with Crippen molar-refractivity contribution >= 4 is 29.1 Å². The van der Waals surface area contributed by atoms with E-state index in [0.29, 0.717) is 22.7 Å². The average molecular weight is 384 g/mol. The number of nitrogens with one attached hydrogen (secondary N) is 4. The molecular weight excluding hydrogens is 360 g/mol. The van der Waals surface area contributed by atoms with Crippen molar-refractivity contribution in [3.63, 3.8) is 0 Å². The van der Waals surface area contributed by atoms with Gasteiger partial charge >= 0.3 is 0 Å². The summed E-state index contributed by atoms with van der Waals surface area (Å²) in [6.07, 6.45) is 0. The lowest BCUT2D eigenvalue weighted by Gasteiger charge is -2.18. The molecule has 8 nitrogen and oxygen atoms in total. The van der Waals surface area contributed by atoms with Crippen LogP contribution in [-0.2, 0) is 9.59 Å². The molecule has 0 aliphatic carbocycles. The number of carbonyl (C=O) groups is 3. The zero-order valence-corrected chi connectivity index (χ0v) is 16.3. The maximum absolute atomic E-state index is 12.3. The molecule has 0 aromatic heterocycles. The van der Waals surface area contributed by atoms with Crippen molar-refractivity contribution in [2.45, 2.75) is 26.8 Å². The van der Waals surface area contributed by atoms with E-state index in [9.17, 15) is 14.4 Å². The molecule has 1 atom stereocenters. The van der Waals surface area contributed by atoms with E-state index in [4.69, 9.17) is 4.74 Å². The van der Waals surface area contributed by atoms with Crippen molar-refractivity contribution in [1.82, 2.24) is 10.9 Å². The fourth-order valence-corrected chi connectivity index (χ4v) is 2.49. The van der Waals surface area contributed by atoms with Crippen molar-refractivity contribution in [2.24, 2.45) is 0 Å². The van der Waals surface area contributed by atoms with Crippen LogP contribution in [0.25, 0.3) is 0 Å². The summed E-state index contributed by atoms with van der Waals surface area (Å²) in [5.41, 5.74) is 7.27. The number of anilines is 2. The van der Waals surface area contributed by atoms with Crippen LogP contribution in [0.15, 0.2) is 42.5 Å². The van der Waals surface area contributed by atoms with E-state index in [0.717, 1.165) is 5.56 Å². The third kappa shape index (κ3) is 5.73. The number of methoxy groups -OCH3 is 1. The lowest BCUT2D eigenvalue weighted by molar-refractivity contribution is -0.122. The summed E-state index contributed by atoms with van der Waals surface area (Å²) in [7, 11) is 1.51. The molecule has 28 heavy (non-hydrogen) atoms. The first-order valence-corrected chi connectivity index (χ1v) is 8.69. The third-order valence-corrected chi connectivity index (χ3v) is 3.86. The minimum absolute atomic E-state index is 0.208. The Morgan fingerprint density at radius 3 is 2.43 bits per heavy atom. The second kappa shape index (κ2) is 9.40. The van der Waals surface area contributed by atoms with E-state index in [1.807, 2.05) is 13.0 Å². The van der Waals surface area contributed by atoms with Gasteiger partial charge < -0.3 is 15.4 Å². The van der Waals surface area contributed by atoms with Gasteiger partial charge in [0.25, 0.3) is 11.8 Å². The van der Waals surface area contributed by atoms with Gasteiger partial charge in [-0.1, -0.05) is 17.7 Å². The van der Waals surface area contributed by atoms with E-state index in [1.165, 1.54) is 14.0 Å². The molecule has 0 aliphatic heterocycles. The predicted octanol–water partition coefficient (Wildman–Crippen LogP) is 2.22. The Hall–Kier alpha value is -3.55. The molecule has 0 unspecified atom stereocenters. The minimum atomic E-state index is -0.681. The molecule has 3 amide bonds. The molecule has 0 spiro atoms.